The van der Waals surface area contributed by atoms with Crippen molar-refractivity contribution in [2.24, 2.45) is 0 Å². The zero-order valence-electron chi connectivity index (χ0n) is 11.1. The normalized spacial score (nSPS) is 10.5. The van der Waals surface area contributed by atoms with E-state index in [-0.39, 0.29) is 5.97 Å². The molecule has 1 heterocycles. The smallest absolute Gasteiger partial charge is 0.337 e. The Morgan fingerprint density at radius 1 is 1.32 bits per heavy atom. The minimum atomic E-state index is -0.327. The fourth-order valence-electron chi connectivity index (χ4n) is 1.61. The molecule has 0 aliphatic heterocycles. The molecule has 0 atom stereocenters. The predicted octanol–water partition coefficient (Wildman–Crippen LogP) is 3.42. The lowest BCUT2D eigenvalue weighted by atomic mass is 10.1. The number of hydrogen-bond donors (Lipinski definition) is 1. The molecule has 1 aromatic heterocycles. The third-order valence-corrected chi connectivity index (χ3v) is 3.29. The van der Waals surface area contributed by atoms with E-state index in [0.29, 0.717) is 11.6 Å². The van der Waals surface area contributed by atoms with E-state index in [4.69, 9.17) is 0 Å². The van der Waals surface area contributed by atoms with Crippen molar-refractivity contribution in [3.63, 3.8) is 0 Å². The molecule has 0 fully saturated rings. The van der Waals surface area contributed by atoms with Gasteiger partial charge in [-0.2, -0.15) is 0 Å². The Morgan fingerprint density at radius 3 is 2.58 bits per heavy atom. The lowest BCUT2D eigenvalue weighted by Gasteiger charge is -2.04. The van der Waals surface area contributed by atoms with Crippen LogP contribution in [-0.4, -0.2) is 24.1 Å². The van der Waals surface area contributed by atoms with Crippen LogP contribution in [0.15, 0.2) is 29.6 Å². The van der Waals surface area contributed by atoms with Crippen LogP contribution in [0.1, 0.15) is 24.2 Å². The molecule has 0 unspecified atom stereocenters. The number of rotatable bonds is 4. The predicted molar refractivity (Wildman–Crippen MR) is 77.6 cm³/mol. The molecule has 1 N–H and O–H groups in total. The van der Waals surface area contributed by atoms with Gasteiger partial charge in [0.1, 0.15) is 0 Å². The topological polar surface area (TPSA) is 51.2 Å². The van der Waals surface area contributed by atoms with E-state index >= 15 is 0 Å². The number of methoxy groups -OCH3 is 1. The second kappa shape index (κ2) is 5.84. The number of aromatic nitrogens is 1. The van der Waals surface area contributed by atoms with Gasteiger partial charge in [-0.1, -0.05) is 12.1 Å². The average Bonchev–Trinajstić information content (AvgIpc) is 2.85. The molecule has 0 saturated carbocycles. The van der Waals surface area contributed by atoms with Gasteiger partial charge in [0.2, 0.25) is 0 Å². The summed E-state index contributed by atoms with van der Waals surface area (Å²) in [5, 5.41) is 6.17. The molecule has 19 heavy (non-hydrogen) atoms. The molecule has 5 heteroatoms. The summed E-state index contributed by atoms with van der Waals surface area (Å²) < 4.78 is 4.67. The van der Waals surface area contributed by atoms with Crippen molar-refractivity contribution < 1.29 is 9.53 Å². The first-order chi connectivity index (χ1) is 9.10. The SMILES string of the molecule is COC(=O)c1ccc(-c2csc(NC(C)C)n2)cc1. The van der Waals surface area contributed by atoms with Crippen molar-refractivity contribution in [3.8, 4) is 11.3 Å². The molecule has 2 rings (SSSR count). The van der Waals surface area contributed by atoms with Gasteiger partial charge in [0.25, 0.3) is 0 Å². The largest absolute Gasteiger partial charge is 0.465 e. The highest BCUT2D eigenvalue weighted by atomic mass is 32.1. The molecule has 0 aliphatic rings. The summed E-state index contributed by atoms with van der Waals surface area (Å²) >= 11 is 1.57. The summed E-state index contributed by atoms with van der Waals surface area (Å²) in [6.45, 7) is 4.15. The van der Waals surface area contributed by atoms with Crippen molar-refractivity contribution in [1.29, 1.82) is 0 Å². The lowest BCUT2D eigenvalue weighted by Crippen LogP contribution is -2.08. The number of esters is 1. The van der Waals surface area contributed by atoms with Crippen LogP contribution in [0.4, 0.5) is 5.13 Å². The van der Waals surface area contributed by atoms with Gasteiger partial charge in [-0.25, -0.2) is 9.78 Å². The van der Waals surface area contributed by atoms with Crippen LogP contribution in [-0.2, 0) is 4.74 Å². The molecule has 4 nitrogen and oxygen atoms in total. The van der Waals surface area contributed by atoms with Gasteiger partial charge in [-0.05, 0) is 26.0 Å². The first-order valence-corrected chi connectivity index (χ1v) is 6.89. The van der Waals surface area contributed by atoms with Gasteiger partial charge in [-0.15, -0.1) is 11.3 Å². The van der Waals surface area contributed by atoms with Gasteiger partial charge >= 0.3 is 5.97 Å². The fourth-order valence-corrected chi connectivity index (χ4v) is 2.48. The van der Waals surface area contributed by atoms with E-state index in [9.17, 15) is 4.79 Å². The van der Waals surface area contributed by atoms with Gasteiger partial charge in [0, 0.05) is 17.0 Å². The summed E-state index contributed by atoms with van der Waals surface area (Å²) in [6.07, 6.45) is 0. The van der Waals surface area contributed by atoms with E-state index in [0.717, 1.165) is 16.4 Å². The molecule has 0 spiro atoms. The van der Waals surface area contributed by atoms with E-state index in [2.05, 4.69) is 28.9 Å². The first kappa shape index (κ1) is 13.5. The van der Waals surface area contributed by atoms with E-state index in [1.807, 2.05) is 17.5 Å². The minimum absolute atomic E-state index is 0.327. The summed E-state index contributed by atoms with van der Waals surface area (Å²) in [4.78, 5) is 15.8. The molecular formula is C14H16N2O2S. The summed E-state index contributed by atoms with van der Waals surface area (Å²) in [5.41, 5.74) is 2.44. The zero-order chi connectivity index (χ0) is 13.8. The number of anilines is 1. The van der Waals surface area contributed by atoms with Gasteiger partial charge in [0.15, 0.2) is 5.13 Å². The van der Waals surface area contributed by atoms with Gasteiger partial charge < -0.3 is 10.1 Å². The number of nitrogens with zero attached hydrogens (tertiary/aromatic N) is 1. The third kappa shape index (κ3) is 3.32. The monoisotopic (exact) mass is 276 g/mol. The molecule has 0 bridgehead atoms. The standard InChI is InChI=1S/C14H16N2O2S/c1-9(2)15-14-16-12(8-19-14)10-4-6-11(7-5-10)13(17)18-3/h4-9H,1-3H3,(H,15,16). The molecule has 2 aromatic rings. The van der Waals surface area contributed by atoms with Crippen LogP contribution in [0.3, 0.4) is 0 Å². The number of carbonyl (C=O) groups is 1. The van der Waals surface area contributed by atoms with Gasteiger partial charge in [-0.3, -0.25) is 0 Å². The maximum absolute atomic E-state index is 11.3. The highest BCUT2D eigenvalue weighted by Crippen LogP contribution is 2.25. The van der Waals surface area contributed by atoms with Crippen LogP contribution in [0.2, 0.25) is 0 Å². The van der Waals surface area contributed by atoms with Gasteiger partial charge in [0.05, 0.1) is 18.4 Å². The van der Waals surface area contributed by atoms with Crippen molar-refractivity contribution in [2.45, 2.75) is 19.9 Å². The lowest BCUT2D eigenvalue weighted by molar-refractivity contribution is 0.0601. The van der Waals surface area contributed by atoms with Crippen molar-refractivity contribution in [2.75, 3.05) is 12.4 Å². The maximum Gasteiger partial charge on any atom is 0.337 e. The van der Waals surface area contributed by atoms with E-state index in [1.165, 1.54) is 7.11 Å². The number of thiazole rings is 1. The Morgan fingerprint density at radius 2 is 2.00 bits per heavy atom. The third-order valence-electron chi connectivity index (χ3n) is 2.52. The second-order valence-electron chi connectivity index (χ2n) is 4.41. The summed E-state index contributed by atoms with van der Waals surface area (Å²) in [7, 11) is 1.38. The second-order valence-corrected chi connectivity index (χ2v) is 5.26. The first-order valence-electron chi connectivity index (χ1n) is 6.01. The maximum atomic E-state index is 11.3. The Labute approximate surface area is 116 Å². The van der Waals surface area contributed by atoms with Crippen molar-refractivity contribution in [1.82, 2.24) is 4.98 Å². The quantitative estimate of drug-likeness (QED) is 0.869. The summed E-state index contributed by atoms with van der Waals surface area (Å²) in [5.74, 6) is -0.327. The number of carbonyl (C=O) groups excluding carboxylic acids is 1. The average molecular weight is 276 g/mol. The number of hydrogen-bond acceptors (Lipinski definition) is 5. The summed E-state index contributed by atoms with van der Waals surface area (Å²) in [6, 6.07) is 7.60. The molecule has 100 valence electrons. The van der Waals surface area contributed by atoms with Crippen LogP contribution >= 0.6 is 11.3 Å². The van der Waals surface area contributed by atoms with Crippen LogP contribution in [0.25, 0.3) is 11.3 Å². The van der Waals surface area contributed by atoms with Crippen LogP contribution in [0, 0.1) is 0 Å². The Kier molecular flexibility index (Phi) is 4.16. The molecule has 0 saturated heterocycles. The molecule has 0 aliphatic carbocycles. The number of ether oxygens (including phenoxy) is 1. The number of nitrogens with one attached hydrogen (secondary N) is 1. The van der Waals surface area contributed by atoms with Crippen LogP contribution in [0.5, 0.6) is 0 Å². The highest BCUT2D eigenvalue weighted by molar-refractivity contribution is 7.14. The highest BCUT2D eigenvalue weighted by Gasteiger charge is 2.08. The Bertz CT molecular complexity index is 561. The molecule has 0 radical (unpaired) electrons. The molecular weight excluding hydrogens is 260 g/mol. The Hall–Kier alpha value is -1.88. The van der Waals surface area contributed by atoms with Crippen LogP contribution < -0.4 is 5.32 Å². The van der Waals surface area contributed by atoms with E-state index in [1.54, 1.807) is 23.5 Å². The van der Waals surface area contributed by atoms with Crippen molar-refractivity contribution in [3.05, 3.63) is 35.2 Å². The minimum Gasteiger partial charge on any atom is -0.465 e. The van der Waals surface area contributed by atoms with Crippen molar-refractivity contribution >= 4 is 22.4 Å². The fraction of sp³-hybridized carbons (Fsp3) is 0.286. The Balaban J connectivity index is 2.18. The van der Waals surface area contributed by atoms with E-state index < -0.39 is 0 Å². The number of benzene rings is 1. The molecule has 0 amide bonds. The zero-order valence-corrected chi connectivity index (χ0v) is 12.0. The molecule has 1 aromatic carbocycles.